The fourth-order valence-corrected chi connectivity index (χ4v) is 3.02. The fraction of sp³-hybridized carbons (Fsp3) is 0.500. The van der Waals surface area contributed by atoms with Crippen LogP contribution >= 0.6 is 11.3 Å². The summed E-state index contributed by atoms with van der Waals surface area (Å²) in [5.41, 5.74) is 0. The Morgan fingerprint density at radius 2 is 2.05 bits per heavy atom. The summed E-state index contributed by atoms with van der Waals surface area (Å²) in [4.78, 5) is 39.0. The van der Waals surface area contributed by atoms with Gasteiger partial charge in [0.25, 0.3) is 0 Å². The lowest BCUT2D eigenvalue weighted by atomic mass is 10.2. The Kier molecular flexibility index (Phi) is 4.54. The lowest BCUT2D eigenvalue weighted by Crippen LogP contribution is -2.35. The highest BCUT2D eigenvalue weighted by Crippen LogP contribution is 2.24. The van der Waals surface area contributed by atoms with Crippen LogP contribution in [0.25, 0.3) is 0 Å². The zero-order chi connectivity index (χ0) is 14.7. The minimum atomic E-state index is -0.170. The normalized spacial score (nSPS) is 16.6. The molecule has 0 bridgehead atoms. The molecule has 1 atom stereocenters. The third-order valence-corrected chi connectivity index (χ3v) is 4.68. The Morgan fingerprint density at radius 3 is 2.60 bits per heavy atom. The van der Waals surface area contributed by atoms with E-state index in [9.17, 15) is 14.4 Å². The number of thiophene rings is 1. The van der Waals surface area contributed by atoms with Gasteiger partial charge in [-0.1, -0.05) is 6.07 Å². The van der Waals surface area contributed by atoms with Crippen molar-refractivity contribution >= 4 is 29.1 Å². The van der Waals surface area contributed by atoms with Crippen molar-refractivity contribution in [3.63, 3.8) is 0 Å². The van der Waals surface area contributed by atoms with Crippen LogP contribution in [0.1, 0.15) is 37.1 Å². The Hall–Kier alpha value is -1.69. The van der Waals surface area contributed by atoms with Gasteiger partial charge in [-0.15, -0.1) is 11.3 Å². The third-order valence-electron chi connectivity index (χ3n) is 3.63. The van der Waals surface area contributed by atoms with Gasteiger partial charge < -0.3 is 4.90 Å². The molecule has 20 heavy (non-hydrogen) atoms. The third kappa shape index (κ3) is 3.07. The lowest BCUT2D eigenvalue weighted by molar-refractivity contribution is -0.139. The minimum absolute atomic E-state index is 0.00693. The summed E-state index contributed by atoms with van der Waals surface area (Å²) in [6.07, 6.45) is 0.729. The average molecular weight is 294 g/mol. The zero-order valence-electron chi connectivity index (χ0n) is 11.7. The van der Waals surface area contributed by atoms with Gasteiger partial charge in [-0.2, -0.15) is 0 Å². The molecule has 0 N–H and O–H groups in total. The standard InChI is InChI=1S/C14H18N2O3S/c1-10(11-4-3-9-20-11)15(2)12(17)7-8-16-13(18)5-6-14(16)19/h3-4,9-10H,5-8H2,1-2H3. The smallest absolute Gasteiger partial charge is 0.229 e. The summed E-state index contributed by atoms with van der Waals surface area (Å²) in [6.45, 7) is 2.16. The van der Waals surface area contributed by atoms with Crippen LogP contribution < -0.4 is 0 Å². The number of nitrogens with zero attached hydrogens (tertiary/aromatic N) is 2. The van der Waals surface area contributed by atoms with Crippen LogP contribution in [0.4, 0.5) is 0 Å². The van der Waals surface area contributed by atoms with E-state index in [1.165, 1.54) is 4.90 Å². The average Bonchev–Trinajstić information content (AvgIpc) is 3.06. The summed E-state index contributed by atoms with van der Waals surface area (Å²) >= 11 is 1.61. The maximum absolute atomic E-state index is 12.1. The van der Waals surface area contributed by atoms with Crippen LogP contribution in [-0.2, 0) is 14.4 Å². The minimum Gasteiger partial charge on any atom is -0.338 e. The molecule has 1 fully saturated rings. The summed E-state index contributed by atoms with van der Waals surface area (Å²) in [5, 5.41) is 1.98. The van der Waals surface area contributed by atoms with Gasteiger partial charge >= 0.3 is 0 Å². The number of amides is 3. The first-order valence-electron chi connectivity index (χ1n) is 6.63. The first-order valence-corrected chi connectivity index (χ1v) is 7.51. The molecule has 108 valence electrons. The second-order valence-corrected chi connectivity index (χ2v) is 5.86. The molecular weight excluding hydrogens is 276 g/mol. The topological polar surface area (TPSA) is 57.7 Å². The summed E-state index contributed by atoms with van der Waals surface area (Å²) in [7, 11) is 1.75. The van der Waals surface area contributed by atoms with Crippen molar-refractivity contribution in [3.8, 4) is 0 Å². The number of rotatable bonds is 5. The van der Waals surface area contributed by atoms with E-state index in [2.05, 4.69) is 0 Å². The second kappa shape index (κ2) is 6.17. The Balaban J connectivity index is 1.88. The predicted octanol–water partition coefficient (Wildman–Crippen LogP) is 1.81. The van der Waals surface area contributed by atoms with Gasteiger partial charge in [-0.05, 0) is 18.4 Å². The molecule has 1 aromatic heterocycles. The van der Waals surface area contributed by atoms with E-state index < -0.39 is 0 Å². The molecule has 1 aliphatic heterocycles. The van der Waals surface area contributed by atoms with Gasteiger partial charge in [0.05, 0.1) is 6.04 Å². The highest BCUT2D eigenvalue weighted by molar-refractivity contribution is 7.10. The molecule has 2 heterocycles. The maximum Gasteiger partial charge on any atom is 0.229 e. The van der Waals surface area contributed by atoms with Gasteiger partial charge in [0, 0.05) is 37.7 Å². The molecule has 1 aliphatic rings. The van der Waals surface area contributed by atoms with E-state index in [0.29, 0.717) is 0 Å². The largest absolute Gasteiger partial charge is 0.338 e. The lowest BCUT2D eigenvalue weighted by Gasteiger charge is -2.25. The molecule has 2 rings (SSSR count). The number of likely N-dealkylation sites (tertiary alicyclic amines) is 1. The summed E-state index contributed by atoms with van der Waals surface area (Å²) in [5.74, 6) is -0.396. The molecule has 0 saturated carbocycles. The van der Waals surface area contributed by atoms with Crippen molar-refractivity contribution in [3.05, 3.63) is 22.4 Å². The monoisotopic (exact) mass is 294 g/mol. The van der Waals surface area contributed by atoms with E-state index in [1.807, 2.05) is 24.4 Å². The zero-order valence-corrected chi connectivity index (χ0v) is 12.5. The molecule has 3 amide bonds. The molecule has 0 aromatic carbocycles. The first-order chi connectivity index (χ1) is 9.50. The summed E-state index contributed by atoms with van der Waals surface area (Å²) < 4.78 is 0. The van der Waals surface area contributed by atoms with E-state index in [4.69, 9.17) is 0 Å². The quantitative estimate of drug-likeness (QED) is 0.778. The first kappa shape index (κ1) is 14.7. The van der Waals surface area contributed by atoms with Crippen LogP contribution in [0, 0.1) is 0 Å². The number of carbonyl (C=O) groups is 3. The molecule has 1 aromatic rings. The molecule has 0 radical (unpaired) electrons. The molecule has 1 unspecified atom stereocenters. The number of hydrogen-bond acceptors (Lipinski definition) is 4. The van der Waals surface area contributed by atoms with Crippen molar-refractivity contribution in [1.82, 2.24) is 9.80 Å². The highest BCUT2D eigenvalue weighted by Gasteiger charge is 2.29. The molecule has 0 spiro atoms. The SMILES string of the molecule is CC(c1cccs1)N(C)C(=O)CCN1C(=O)CCC1=O. The van der Waals surface area contributed by atoms with Crippen molar-refractivity contribution in [1.29, 1.82) is 0 Å². The number of imide groups is 1. The van der Waals surface area contributed by atoms with Crippen LogP contribution in [0.3, 0.4) is 0 Å². The van der Waals surface area contributed by atoms with Crippen molar-refractivity contribution in [2.45, 2.75) is 32.2 Å². The highest BCUT2D eigenvalue weighted by atomic mass is 32.1. The van der Waals surface area contributed by atoms with Crippen molar-refractivity contribution in [2.24, 2.45) is 0 Å². The Morgan fingerprint density at radius 1 is 1.40 bits per heavy atom. The van der Waals surface area contributed by atoms with Crippen molar-refractivity contribution in [2.75, 3.05) is 13.6 Å². The maximum atomic E-state index is 12.1. The van der Waals surface area contributed by atoms with Crippen LogP contribution in [0.2, 0.25) is 0 Å². The van der Waals surface area contributed by atoms with E-state index in [0.717, 1.165) is 4.88 Å². The number of carbonyl (C=O) groups excluding carboxylic acids is 3. The second-order valence-electron chi connectivity index (χ2n) is 4.89. The van der Waals surface area contributed by atoms with Crippen LogP contribution in [-0.4, -0.2) is 41.1 Å². The summed E-state index contributed by atoms with van der Waals surface area (Å²) in [6, 6.07) is 3.95. The number of hydrogen-bond donors (Lipinski definition) is 0. The van der Waals surface area contributed by atoms with Gasteiger partial charge in [0.1, 0.15) is 0 Å². The van der Waals surface area contributed by atoms with E-state index >= 15 is 0 Å². The molecule has 5 nitrogen and oxygen atoms in total. The molecule has 0 aliphatic carbocycles. The molecular formula is C14H18N2O3S. The molecule has 6 heteroatoms. The molecule has 1 saturated heterocycles. The van der Waals surface area contributed by atoms with Crippen LogP contribution in [0.15, 0.2) is 17.5 Å². The van der Waals surface area contributed by atoms with Gasteiger partial charge in [-0.3, -0.25) is 19.3 Å². The fourth-order valence-electron chi connectivity index (χ4n) is 2.19. The van der Waals surface area contributed by atoms with Gasteiger partial charge in [-0.25, -0.2) is 0 Å². The Labute approximate surface area is 122 Å². The predicted molar refractivity (Wildman–Crippen MR) is 76.1 cm³/mol. The van der Waals surface area contributed by atoms with Gasteiger partial charge in [0.2, 0.25) is 17.7 Å². The van der Waals surface area contributed by atoms with Gasteiger partial charge in [0.15, 0.2) is 0 Å². The Bertz CT molecular complexity index is 496. The van der Waals surface area contributed by atoms with Crippen LogP contribution in [0.5, 0.6) is 0 Å². The van der Waals surface area contributed by atoms with E-state index in [1.54, 1.807) is 23.3 Å². The van der Waals surface area contributed by atoms with Crippen molar-refractivity contribution < 1.29 is 14.4 Å². The van der Waals surface area contributed by atoms with E-state index in [-0.39, 0.29) is 49.6 Å².